The predicted molar refractivity (Wildman–Crippen MR) is 96.9 cm³/mol. The van der Waals surface area contributed by atoms with E-state index in [1.54, 1.807) is 18.7 Å². The van der Waals surface area contributed by atoms with Crippen LogP contribution in [0.15, 0.2) is 29.2 Å². The highest BCUT2D eigenvalue weighted by Crippen LogP contribution is 2.24. The molecule has 1 heterocycles. The second-order valence-electron chi connectivity index (χ2n) is 5.27. The van der Waals surface area contributed by atoms with E-state index in [1.807, 2.05) is 37.4 Å². The highest BCUT2D eigenvalue weighted by molar-refractivity contribution is 7.98. The fourth-order valence-electron chi connectivity index (χ4n) is 2.30. The molecule has 0 bridgehead atoms. The summed E-state index contributed by atoms with van der Waals surface area (Å²) in [6.45, 7) is 3.78. The van der Waals surface area contributed by atoms with Crippen LogP contribution in [-0.2, 0) is 11.2 Å². The number of thiazole rings is 1. The second-order valence-corrected chi connectivity index (χ2v) is 7.24. The van der Waals surface area contributed by atoms with Crippen LogP contribution in [0.4, 0.5) is 0 Å². The van der Waals surface area contributed by atoms with Crippen molar-refractivity contribution in [2.24, 2.45) is 0 Å². The zero-order valence-corrected chi connectivity index (χ0v) is 15.5. The maximum atomic E-state index is 12.5. The van der Waals surface area contributed by atoms with Gasteiger partial charge in [-0.15, -0.1) is 23.1 Å². The second kappa shape index (κ2) is 8.30. The fourth-order valence-corrected chi connectivity index (χ4v) is 3.62. The van der Waals surface area contributed by atoms with E-state index < -0.39 is 12.0 Å². The van der Waals surface area contributed by atoms with Gasteiger partial charge in [0.1, 0.15) is 4.88 Å². The minimum atomic E-state index is -0.954. The number of benzene rings is 1. The molecular weight excluding hydrogens is 344 g/mol. The van der Waals surface area contributed by atoms with E-state index in [4.69, 9.17) is 5.11 Å². The third-order valence-electron chi connectivity index (χ3n) is 3.55. The molecule has 2 aromatic rings. The van der Waals surface area contributed by atoms with Gasteiger partial charge in [0.15, 0.2) is 0 Å². The number of hydrogen-bond donors (Lipinski definition) is 2. The molecule has 128 valence electrons. The number of nitrogens with zero attached hydrogens (tertiary/aromatic N) is 1. The number of thioether (sulfide) groups is 1. The number of amides is 1. The SMILES string of the molecule is CCc1nc(C)c(C(=O)NC(CC(=O)O)c2ccc(SC)cc2)s1. The Kier molecular flexibility index (Phi) is 6.39. The summed E-state index contributed by atoms with van der Waals surface area (Å²) in [5.41, 5.74) is 1.46. The van der Waals surface area contributed by atoms with Crippen molar-refractivity contribution >= 4 is 35.0 Å². The number of aryl methyl sites for hydroxylation is 2. The van der Waals surface area contributed by atoms with Crippen molar-refractivity contribution in [1.29, 1.82) is 0 Å². The number of aliphatic carboxylic acids is 1. The zero-order valence-electron chi connectivity index (χ0n) is 13.8. The largest absolute Gasteiger partial charge is 0.481 e. The summed E-state index contributed by atoms with van der Waals surface area (Å²) in [5, 5.41) is 12.9. The lowest BCUT2D eigenvalue weighted by atomic mass is 10.0. The average molecular weight is 364 g/mol. The minimum absolute atomic E-state index is 0.164. The van der Waals surface area contributed by atoms with Gasteiger partial charge in [0.2, 0.25) is 0 Å². The summed E-state index contributed by atoms with van der Waals surface area (Å²) in [6, 6.07) is 6.99. The molecular formula is C17H20N2O3S2. The summed E-state index contributed by atoms with van der Waals surface area (Å²) < 4.78 is 0. The maximum Gasteiger partial charge on any atom is 0.305 e. The fraction of sp³-hybridized carbons (Fsp3) is 0.353. The first kappa shape index (κ1) is 18.5. The molecule has 5 nitrogen and oxygen atoms in total. The number of hydrogen-bond acceptors (Lipinski definition) is 5. The van der Waals surface area contributed by atoms with Crippen LogP contribution >= 0.6 is 23.1 Å². The topological polar surface area (TPSA) is 79.3 Å². The number of rotatable bonds is 7. The molecule has 2 rings (SSSR count). The highest BCUT2D eigenvalue weighted by atomic mass is 32.2. The van der Waals surface area contributed by atoms with Gasteiger partial charge in [-0.05, 0) is 37.3 Å². The van der Waals surface area contributed by atoms with Gasteiger partial charge in [-0.3, -0.25) is 9.59 Å². The molecule has 1 amide bonds. The Labute approximate surface area is 149 Å². The number of carboxylic acid groups (broad SMARTS) is 1. The molecule has 0 fully saturated rings. The van der Waals surface area contributed by atoms with Crippen LogP contribution in [0.5, 0.6) is 0 Å². The van der Waals surface area contributed by atoms with E-state index in [0.29, 0.717) is 10.6 Å². The smallest absolute Gasteiger partial charge is 0.305 e. The maximum absolute atomic E-state index is 12.5. The van der Waals surface area contributed by atoms with Gasteiger partial charge in [0.25, 0.3) is 5.91 Å². The third kappa shape index (κ3) is 4.58. The zero-order chi connectivity index (χ0) is 17.7. The van der Waals surface area contributed by atoms with E-state index in [-0.39, 0.29) is 12.3 Å². The Bertz CT molecular complexity index is 726. The molecule has 0 saturated heterocycles. The molecule has 0 aliphatic carbocycles. The molecule has 7 heteroatoms. The first-order chi connectivity index (χ1) is 11.4. The van der Waals surface area contributed by atoms with E-state index in [0.717, 1.165) is 21.9 Å². The van der Waals surface area contributed by atoms with Crippen LogP contribution < -0.4 is 5.32 Å². The molecule has 1 atom stereocenters. The third-order valence-corrected chi connectivity index (χ3v) is 5.60. The Morgan fingerprint density at radius 3 is 2.50 bits per heavy atom. The van der Waals surface area contributed by atoms with Crippen molar-refractivity contribution < 1.29 is 14.7 Å². The molecule has 0 aliphatic rings. The molecule has 0 saturated carbocycles. The Hall–Kier alpha value is -1.86. The first-order valence-corrected chi connectivity index (χ1v) is 9.61. The average Bonchev–Trinajstić information content (AvgIpc) is 2.95. The Morgan fingerprint density at radius 2 is 2.00 bits per heavy atom. The normalized spacial score (nSPS) is 12.0. The molecule has 1 aromatic heterocycles. The summed E-state index contributed by atoms with van der Waals surface area (Å²) in [5.74, 6) is -1.23. The quantitative estimate of drug-likeness (QED) is 0.733. The molecule has 1 unspecified atom stereocenters. The lowest BCUT2D eigenvalue weighted by Crippen LogP contribution is -2.30. The number of nitrogens with one attached hydrogen (secondary N) is 1. The van der Waals surface area contributed by atoms with Crippen LogP contribution in [-0.4, -0.2) is 28.2 Å². The molecule has 2 N–H and O–H groups in total. The molecule has 0 spiro atoms. The number of aromatic nitrogens is 1. The Morgan fingerprint density at radius 1 is 1.33 bits per heavy atom. The van der Waals surface area contributed by atoms with Crippen molar-refractivity contribution in [3.8, 4) is 0 Å². The van der Waals surface area contributed by atoms with Crippen LogP contribution in [0.3, 0.4) is 0 Å². The van der Waals surface area contributed by atoms with Crippen molar-refractivity contribution in [1.82, 2.24) is 10.3 Å². The first-order valence-electron chi connectivity index (χ1n) is 7.57. The summed E-state index contributed by atoms with van der Waals surface area (Å²) in [4.78, 5) is 29.7. The predicted octanol–water partition coefficient (Wildman–Crippen LogP) is 3.68. The van der Waals surface area contributed by atoms with Crippen LogP contribution in [0, 0.1) is 6.92 Å². The van der Waals surface area contributed by atoms with Crippen LogP contribution in [0.2, 0.25) is 0 Å². The lowest BCUT2D eigenvalue weighted by molar-refractivity contribution is -0.137. The van der Waals surface area contributed by atoms with Crippen molar-refractivity contribution in [3.63, 3.8) is 0 Å². The number of carboxylic acids is 1. The molecule has 24 heavy (non-hydrogen) atoms. The van der Waals surface area contributed by atoms with E-state index in [2.05, 4.69) is 10.3 Å². The standard InChI is InChI=1S/C17H20N2O3S2/c1-4-14-18-10(2)16(24-14)17(22)19-13(9-15(20)21)11-5-7-12(23-3)8-6-11/h5-8,13H,4,9H2,1-3H3,(H,19,22)(H,20,21). The summed E-state index contributed by atoms with van der Waals surface area (Å²) >= 11 is 2.97. The minimum Gasteiger partial charge on any atom is -0.481 e. The monoisotopic (exact) mass is 364 g/mol. The van der Waals surface area contributed by atoms with Crippen LogP contribution in [0.1, 0.15) is 45.3 Å². The van der Waals surface area contributed by atoms with Crippen molar-refractivity contribution in [2.45, 2.75) is 37.6 Å². The van der Waals surface area contributed by atoms with Gasteiger partial charge < -0.3 is 10.4 Å². The van der Waals surface area contributed by atoms with Gasteiger partial charge in [-0.25, -0.2) is 4.98 Å². The summed E-state index contributed by atoms with van der Waals surface area (Å²) in [6.07, 6.45) is 2.58. The van der Waals surface area contributed by atoms with Crippen molar-refractivity contribution in [2.75, 3.05) is 6.26 Å². The van der Waals surface area contributed by atoms with E-state index in [1.165, 1.54) is 11.3 Å². The van der Waals surface area contributed by atoms with E-state index >= 15 is 0 Å². The molecule has 0 aliphatic heterocycles. The lowest BCUT2D eigenvalue weighted by Gasteiger charge is -2.17. The van der Waals surface area contributed by atoms with Gasteiger partial charge in [0, 0.05) is 4.90 Å². The highest BCUT2D eigenvalue weighted by Gasteiger charge is 2.22. The Balaban J connectivity index is 2.22. The van der Waals surface area contributed by atoms with Gasteiger partial charge >= 0.3 is 5.97 Å². The van der Waals surface area contributed by atoms with Gasteiger partial charge in [-0.2, -0.15) is 0 Å². The van der Waals surface area contributed by atoms with Crippen molar-refractivity contribution in [3.05, 3.63) is 45.4 Å². The summed E-state index contributed by atoms with van der Waals surface area (Å²) in [7, 11) is 0. The number of carbonyl (C=O) groups is 2. The number of carbonyl (C=O) groups excluding carboxylic acids is 1. The van der Waals surface area contributed by atoms with Gasteiger partial charge in [-0.1, -0.05) is 19.1 Å². The molecule has 1 aromatic carbocycles. The van der Waals surface area contributed by atoms with Gasteiger partial charge in [0.05, 0.1) is 23.2 Å². The van der Waals surface area contributed by atoms with Crippen LogP contribution in [0.25, 0.3) is 0 Å². The van der Waals surface area contributed by atoms with E-state index in [9.17, 15) is 9.59 Å². The molecule has 0 radical (unpaired) electrons.